The average Bonchev–Trinajstić information content (AvgIpc) is 3.22. The first-order chi connectivity index (χ1) is 14.7. The Hall–Kier alpha value is -4.06. The number of carbonyl (C=O) groups is 2. The average molecular weight is 401 g/mol. The minimum atomic E-state index is -0.689. The van der Waals surface area contributed by atoms with Gasteiger partial charge in [0.1, 0.15) is 17.9 Å². The molecule has 1 aromatic heterocycles. The lowest BCUT2D eigenvalue weighted by molar-refractivity contribution is -0.119. The number of carbonyl (C=O) groups excluding carboxylic acids is 2. The summed E-state index contributed by atoms with van der Waals surface area (Å²) >= 11 is 0. The van der Waals surface area contributed by atoms with Crippen molar-refractivity contribution in [1.82, 2.24) is 0 Å². The molecular weight excluding hydrogens is 382 g/mol. The zero-order chi connectivity index (χ0) is 20.8. The second kappa shape index (κ2) is 8.96. The Labute approximate surface area is 173 Å². The van der Waals surface area contributed by atoms with Crippen molar-refractivity contribution in [2.24, 2.45) is 0 Å². The maximum Gasteiger partial charge on any atom is 0.374 e. The minimum Gasteiger partial charge on any atom is -0.489 e. The third-order valence-electron chi connectivity index (χ3n) is 4.35. The molecule has 0 radical (unpaired) electrons. The predicted octanol–water partition coefficient (Wildman–Crippen LogP) is 4.81. The van der Waals surface area contributed by atoms with E-state index in [1.54, 1.807) is 36.4 Å². The normalized spacial score (nSPS) is 10.5. The number of ether oxygens (including phenoxy) is 2. The standard InChI is InChI=1S/C24H19NO5/c26-23(16-29-24(27)22-14-18-8-4-5-9-21(18)30-22)25-19-10-12-20(13-11-19)28-15-17-6-2-1-3-7-17/h1-14H,15-16H2,(H,25,26). The molecule has 1 N–H and O–H groups in total. The highest BCUT2D eigenvalue weighted by molar-refractivity contribution is 5.96. The first kappa shape index (κ1) is 19.3. The number of hydrogen-bond acceptors (Lipinski definition) is 5. The summed E-state index contributed by atoms with van der Waals surface area (Å²) in [7, 11) is 0. The summed E-state index contributed by atoms with van der Waals surface area (Å²) in [5.74, 6) is -0.388. The van der Waals surface area contributed by atoms with Gasteiger partial charge in [0.15, 0.2) is 6.61 Å². The molecule has 0 atom stereocenters. The first-order valence-electron chi connectivity index (χ1n) is 9.40. The summed E-state index contributed by atoms with van der Waals surface area (Å²) in [6.45, 7) is 0.0480. The van der Waals surface area contributed by atoms with Crippen LogP contribution in [-0.4, -0.2) is 18.5 Å². The molecule has 6 heteroatoms. The summed E-state index contributed by atoms with van der Waals surface area (Å²) < 4.78 is 16.2. The zero-order valence-corrected chi connectivity index (χ0v) is 16.0. The van der Waals surface area contributed by atoms with E-state index in [2.05, 4.69) is 5.32 Å². The minimum absolute atomic E-state index is 0.0592. The van der Waals surface area contributed by atoms with Gasteiger partial charge in [-0.25, -0.2) is 4.79 Å². The molecule has 0 bridgehead atoms. The predicted molar refractivity (Wildman–Crippen MR) is 112 cm³/mol. The number of esters is 1. The van der Waals surface area contributed by atoms with Crippen molar-refractivity contribution < 1.29 is 23.5 Å². The number of para-hydroxylation sites is 1. The lowest BCUT2D eigenvalue weighted by Crippen LogP contribution is -2.20. The number of fused-ring (bicyclic) bond motifs is 1. The quantitative estimate of drug-likeness (QED) is 0.450. The third kappa shape index (κ3) is 4.86. The molecule has 0 aliphatic carbocycles. The summed E-state index contributed by atoms with van der Waals surface area (Å²) in [6.07, 6.45) is 0. The van der Waals surface area contributed by atoms with Crippen molar-refractivity contribution in [3.05, 3.63) is 96.3 Å². The fourth-order valence-electron chi connectivity index (χ4n) is 2.86. The van der Waals surface area contributed by atoms with Gasteiger partial charge in [-0.05, 0) is 42.0 Å². The van der Waals surface area contributed by atoms with E-state index in [9.17, 15) is 9.59 Å². The van der Waals surface area contributed by atoms with Crippen LogP contribution in [0.4, 0.5) is 5.69 Å². The van der Waals surface area contributed by atoms with Crippen LogP contribution in [0.1, 0.15) is 16.1 Å². The number of rotatable bonds is 7. The number of amides is 1. The molecule has 4 rings (SSSR count). The van der Waals surface area contributed by atoms with Crippen molar-refractivity contribution in [2.45, 2.75) is 6.61 Å². The Balaban J connectivity index is 1.25. The molecule has 1 heterocycles. The Kier molecular flexibility index (Phi) is 5.75. The number of nitrogens with one attached hydrogen (secondary N) is 1. The van der Waals surface area contributed by atoms with Crippen LogP contribution in [0, 0.1) is 0 Å². The van der Waals surface area contributed by atoms with E-state index in [-0.39, 0.29) is 5.76 Å². The molecule has 0 saturated heterocycles. The van der Waals surface area contributed by atoms with Crippen molar-refractivity contribution >= 4 is 28.5 Å². The molecule has 0 aliphatic rings. The molecule has 0 saturated carbocycles. The third-order valence-corrected chi connectivity index (χ3v) is 4.35. The Morgan fingerprint density at radius 3 is 2.37 bits per heavy atom. The number of furan rings is 1. The van der Waals surface area contributed by atoms with Crippen LogP contribution in [0.3, 0.4) is 0 Å². The van der Waals surface area contributed by atoms with E-state index in [1.807, 2.05) is 48.5 Å². The van der Waals surface area contributed by atoms with E-state index in [0.717, 1.165) is 10.9 Å². The summed E-state index contributed by atoms with van der Waals surface area (Å²) in [4.78, 5) is 24.2. The van der Waals surface area contributed by atoms with Crippen LogP contribution in [-0.2, 0) is 16.1 Å². The lowest BCUT2D eigenvalue weighted by atomic mass is 10.2. The van der Waals surface area contributed by atoms with Crippen LogP contribution < -0.4 is 10.1 Å². The van der Waals surface area contributed by atoms with Crippen molar-refractivity contribution in [3.63, 3.8) is 0 Å². The SMILES string of the molecule is O=C(COC(=O)c1cc2ccccc2o1)Nc1ccc(OCc2ccccc2)cc1. The van der Waals surface area contributed by atoms with Crippen LogP contribution in [0.25, 0.3) is 11.0 Å². The van der Waals surface area contributed by atoms with Crippen molar-refractivity contribution in [1.29, 1.82) is 0 Å². The smallest absolute Gasteiger partial charge is 0.374 e. The van der Waals surface area contributed by atoms with Crippen LogP contribution in [0.2, 0.25) is 0 Å². The molecule has 1 amide bonds. The van der Waals surface area contributed by atoms with Crippen LogP contribution >= 0.6 is 0 Å². The maximum absolute atomic E-state index is 12.1. The Morgan fingerprint density at radius 1 is 0.867 bits per heavy atom. The summed E-state index contributed by atoms with van der Waals surface area (Å²) in [5.41, 5.74) is 2.23. The van der Waals surface area contributed by atoms with Gasteiger partial charge in [-0.2, -0.15) is 0 Å². The second-order valence-electron chi connectivity index (χ2n) is 6.57. The van der Waals surface area contributed by atoms with Gasteiger partial charge in [0.2, 0.25) is 5.76 Å². The van der Waals surface area contributed by atoms with E-state index < -0.39 is 18.5 Å². The van der Waals surface area contributed by atoms with Gasteiger partial charge in [-0.1, -0.05) is 48.5 Å². The number of benzene rings is 3. The molecule has 3 aromatic carbocycles. The number of anilines is 1. The van der Waals surface area contributed by atoms with Gasteiger partial charge in [0.25, 0.3) is 5.91 Å². The molecule has 150 valence electrons. The summed E-state index contributed by atoms with van der Waals surface area (Å²) in [5, 5.41) is 3.47. The van der Waals surface area contributed by atoms with E-state index in [4.69, 9.17) is 13.9 Å². The fourth-order valence-corrected chi connectivity index (χ4v) is 2.86. The highest BCUT2D eigenvalue weighted by Crippen LogP contribution is 2.20. The molecule has 4 aromatic rings. The number of hydrogen-bond donors (Lipinski definition) is 1. The highest BCUT2D eigenvalue weighted by atomic mass is 16.5. The van der Waals surface area contributed by atoms with Crippen molar-refractivity contribution in [3.8, 4) is 5.75 Å². The van der Waals surface area contributed by atoms with Crippen LogP contribution in [0.5, 0.6) is 5.75 Å². The topological polar surface area (TPSA) is 77.8 Å². The molecular formula is C24H19NO5. The van der Waals surface area contributed by atoms with Gasteiger partial charge in [-0.15, -0.1) is 0 Å². The first-order valence-corrected chi connectivity index (χ1v) is 9.40. The van der Waals surface area contributed by atoms with Gasteiger partial charge in [-0.3, -0.25) is 4.79 Å². The lowest BCUT2D eigenvalue weighted by Gasteiger charge is -2.08. The molecule has 6 nitrogen and oxygen atoms in total. The second-order valence-corrected chi connectivity index (χ2v) is 6.57. The molecule has 30 heavy (non-hydrogen) atoms. The van der Waals surface area contributed by atoms with Gasteiger partial charge in [0, 0.05) is 11.1 Å². The molecule has 0 spiro atoms. The molecule has 0 aliphatic heterocycles. The Bertz CT molecular complexity index is 1120. The van der Waals surface area contributed by atoms with E-state index >= 15 is 0 Å². The van der Waals surface area contributed by atoms with Crippen LogP contribution in [0.15, 0.2) is 89.3 Å². The van der Waals surface area contributed by atoms with Gasteiger partial charge >= 0.3 is 5.97 Å². The Morgan fingerprint density at radius 2 is 1.60 bits per heavy atom. The fraction of sp³-hybridized carbons (Fsp3) is 0.0833. The largest absolute Gasteiger partial charge is 0.489 e. The maximum atomic E-state index is 12.1. The van der Waals surface area contributed by atoms with E-state index in [1.165, 1.54) is 0 Å². The summed E-state index contributed by atoms with van der Waals surface area (Å²) in [6, 6.07) is 25.6. The van der Waals surface area contributed by atoms with Gasteiger partial charge in [0.05, 0.1) is 0 Å². The highest BCUT2D eigenvalue weighted by Gasteiger charge is 2.15. The van der Waals surface area contributed by atoms with Crippen molar-refractivity contribution in [2.75, 3.05) is 11.9 Å². The molecule has 0 fully saturated rings. The zero-order valence-electron chi connectivity index (χ0n) is 16.0. The monoisotopic (exact) mass is 401 g/mol. The van der Waals surface area contributed by atoms with E-state index in [0.29, 0.717) is 23.6 Å². The molecule has 0 unspecified atom stereocenters. The van der Waals surface area contributed by atoms with Gasteiger partial charge < -0.3 is 19.2 Å².